The van der Waals surface area contributed by atoms with Crippen LogP contribution in [0.25, 0.3) is 10.4 Å². The number of halogens is 1. The summed E-state index contributed by atoms with van der Waals surface area (Å²) in [6.07, 6.45) is 0.854. The third-order valence-corrected chi connectivity index (χ3v) is 3.62. The van der Waals surface area contributed by atoms with Crippen molar-refractivity contribution in [1.29, 1.82) is 0 Å². The fourth-order valence-corrected chi connectivity index (χ4v) is 2.75. The highest BCUT2D eigenvalue weighted by atomic mass is 35.5. The van der Waals surface area contributed by atoms with Crippen LogP contribution in [0.15, 0.2) is 29.6 Å². The van der Waals surface area contributed by atoms with Crippen LogP contribution in [0.2, 0.25) is 5.02 Å². The minimum atomic E-state index is 0.698. The van der Waals surface area contributed by atoms with Gasteiger partial charge in [0, 0.05) is 5.56 Å². The number of rotatable bonds is 2. The first kappa shape index (κ1) is 10.4. The van der Waals surface area contributed by atoms with E-state index in [0.29, 0.717) is 5.56 Å². The molecule has 1 nitrogen and oxygen atoms in total. The van der Waals surface area contributed by atoms with Crippen molar-refractivity contribution in [3.8, 4) is 10.4 Å². The van der Waals surface area contributed by atoms with E-state index in [0.717, 1.165) is 27.3 Å². The lowest BCUT2D eigenvalue weighted by atomic mass is 10.0. The zero-order valence-corrected chi connectivity index (χ0v) is 9.73. The number of aldehydes is 1. The monoisotopic (exact) mass is 236 g/mol. The number of aryl methyl sites for hydroxylation is 1. The van der Waals surface area contributed by atoms with Gasteiger partial charge >= 0.3 is 0 Å². The zero-order chi connectivity index (χ0) is 10.8. The van der Waals surface area contributed by atoms with E-state index >= 15 is 0 Å². The first-order chi connectivity index (χ1) is 7.22. The normalized spacial score (nSPS) is 10.3. The molecule has 76 valence electrons. The van der Waals surface area contributed by atoms with E-state index in [2.05, 4.69) is 0 Å². The van der Waals surface area contributed by atoms with Gasteiger partial charge in [0.1, 0.15) is 6.29 Å². The molecule has 0 atom stereocenters. The molecule has 0 radical (unpaired) electrons. The summed E-state index contributed by atoms with van der Waals surface area (Å²) in [5.74, 6) is 0. The zero-order valence-electron chi connectivity index (χ0n) is 8.16. The number of hydrogen-bond acceptors (Lipinski definition) is 2. The summed E-state index contributed by atoms with van der Waals surface area (Å²) in [6.45, 7) is 1.98. The predicted molar refractivity (Wildman–Crippen MR) is 64.9 cm³/mol. The second-order valence-corrected chi connectivity index (χ2v) is 4.61. The molecule has 0 N–H and O–H groups in total. The van der Waals surface area contributed by atoms with E-state index in [9.17, 15) is 4.79 Å². The number of benzene rings is 1. The average molecular weight is 237 g/mol. The number of carbonyl (C=O) groups is 1. The molecule has 0 unspecified atom stereocenters. The molecule has 0 aliphatic carbocycles. The van der Waals surface area contributed by atoms with Crippen LogP contribution in [0.4, 0.5) is 0 Å². The van der Waals surface area contributed by atoms with E-state index in [1.54, 1.807) is 11.3 Å². The van der Waals surface area contributed by atoms with Crippen molar-refractivity contribution in [1.82, 2.24) is 0 Å². The molecular weight excluding hydrogens is 228 g/mol. The average Bonchev–Trinajstić information content (AvgIpc) is 2.64. The second kappa shape index (κ2) is 4.17. The Labute approximate surface area is 97.3 Å². The molecule has 2 rings (SSSR count). The van der Waals surface area contributed by atoms with E-state index in [-0.39, 0.29) is 0 Å². The summed E-state index contributed by atoms with van der Waals surface area (Å²) < 4.78 is 0. The van der Waals surface area contributed by atoms with Gasteiger partial charge in [0.25, 0.3) is 0 Å². The lowest BCUT2D eigenvalue weighted by molar-refractivity contribution is 0.112. The maximum absolute atomic E-state index is 10.6. The molecule has 1 heterocycles. The Hall–Kier alpha value is -1.12. The summed E-state index contributed by atoms with van der Waals surface area (Å²) in [7, 11) is 0. The van der Waals surface area contributed by atoms with Crippen molar-refractivity contribution in [2.24, 2.45) is 0 Å². The smallest absolute Gasteiger partial charge is 0.150 e. The Morgan fingerprint density at radius 2 is 2.13 bits per heavy atom. The summed E-state index contributed by atoms with van der Waals surface area (Å²) in [4.78, 5) is 11.7. The lowest BCUT2D eigenvalue weighted by Crippen LogP contribution is -1.85. The Morgan fingerprint density at radius 1 is 1.33 bits per heavy atom. The van der Waals surface area contributed by atoms with Gasteiger partial charge in [0.2, 0.25) is 0 Å². The fourth-order valence-electron chi connectivity index (χ4n) is 1.50. The van der Waals surface area contributed by atoms with Crippen molar-refractivity contribution in [2.75, 3.05) is 0 Å². The molecule has 0 amide bonds. The van der Waals surface area contributed by atoms with Gasteiger partial charge in [-0.25, -0.2) is 0 Å². The molecular formula is C12H9ClOS. The van der Waals surface area contributed by atoms with Crippen LogP contribution >= 0.6 is 22.9 Å². The Morgan fingerprint density at radius 3 is 2.67 bits per heavy atom. The highest BCUT2D eigenvalue weighted by molar-refractivity contribution is 7.14. The molecule has 15 heavy (non-hydrogen) atoms. The van der Waals surface area contributed by atoms with E-state index < -0.39 is 0 Å². The number of thiophene rings is 1. The van der Waals surface area contributed by atoms with Gasteiger partial charge < -0.3 is 0 Å². The van der Waals surface area contributed by atoms with Gasteiger partial charge in [-0.2, -0.15) is 0 Å². The molecule has 1 aromatic carbocycles. The van der Waals surface area contributed by atoms with Crippen LogP contribution in [-0.4, -0.2) is 6.29 Å². The summed E-state index contributed by atoms with van der Waals surface area (Å²) in [5, 5.41) is 2.73. The van der Waals surface area contributed by atoms with Gasteiger partial charge in [-0.05, 0) is 35.6 Å². The molecule has 0 aliphatic rings. The van der Waals surface area contributed by atoms with Crippen LogP contribution in [-0.2, 0) is 0 Å². The lowest BCUT2D eigenvalue weighted by Gasteiger charge is -2.04. The summed E-state index contributed by atoms with van der Waals surface area (Å²) in [6, 6.07) is 7.51. The molecule has 0 spiro atoms. The van der Waals surface area contributed by atoms with Crippen LogP contribution < -0.4 is 0 Å². The Bertz CT molecular complexity index is 502. The molecule has 0 aliphatic heterocycles. The van der Waals surface area contributed by atoms with Crippen molar-refractivity contribution in [2.45, 2.75) is 6.92 Å². The third kappa shape index (κ3) is 1.96. The minimum Gasteiger partial charge on any atom is -0.298 e. The molecule has 3 heteroatoms. The molecule has 2 aromatic rings. The van der Waals surface area contributed by atoms with Crippen LogP contribution in [0.1, 0.15) is 15.9 Å². The van der Waals surface area contributed by atoms with Crippen molar-refractivity contribution in [3.05, 3.63) is 45.8 Å². The fraction of sp³-hybridized carbons (Fsp3) is 0.0833. The van der Waals surface area contributed by atoms with Gasteiger partial charge in [0.05, 0.1) is 9.90 Å². The molecule has 1 aromatic heterocycles. The van der Waals surface area contributed by atoms with Crippen molar-refractivity contribution in [3.63, 3.8) is 0 Å². The summed E-state index contributed by atoms with van der Waals surface area (Å²) >= 11 is 7.67. The SMILES string of the molecule is Cc1cc(C=O)ccc1-c1sccc1Cl. The molecule has 0 saturated carbocycles. The molecule has 0 fully saturated rings. The van der Waals surface area contributed by atoms with Crippen molar-refractivity contribution >= 4 is 29.2 Å². The highest BCUT2D eigenvalue weighted by Gasteiger charge is 2.07. The van der Waals surface area contributed by atoms with E-state index in [1.807, 2.05) is 36.6 Å². The second-order valence-electron chi connectivity index (χ2n) is 3.29. The first-order valence-corrected chi connectivity index (χ1v) is 5.77. The van der Waals surface area contributed by atoms with Crippen LogP contribution in [0.3, 0.4) is 0 Å². The Kier molecular flexibility index (Phi) is 2.89. The number of carbonyl (C=O) groups excluding carboxylic acids is 1. The van der Waals surface area contributed by atoms with Gasteiger partial charge in [-0.1, -0.05) is 23.7 Å². The van der Waals surface area contributed by atoms with Gasteiger partial charge in [-0.15, -0.1) is 11.3 Å². The molecule has 0 saturated heterocycles. The first-order valence-electron chi connectivity index (χ1n) is 4.51. The van der Waals surface area contributed by atoms with Crippen molar-refractivity contribution < 1.29 is 4.79 Å². The Balaban J connectivity index is 2.55. The van der Waals surface area contributed by atoms with Gasteiger partial charge in [0.15, 0.2) is 0 Å². The van der Waals surface area contributed by atoms with Crippen LogP contribution in [0.5, 0.6) is 0 Å². The minimum absolute atomic E-state index is 0.698. The topological polar surface area (TPSA) is 17.1 Å². The largest absolute Gasteiger partial charge is 0.298 e. The quantitative estimate of drug-likeness (QED) is 0.715. The number of hydrogen-bond donors (Lipinski definition) is 0. The van der Waals surface area contributed by atoms with E-state index in [1.165, 1.54) is 0 Å². The summed E-state index contributed by atoms with van der Waals surface area (Å²) in [5.41, 5.74) is 2.87. The van der Waals surface area contributed by atoms with Gasteiger partial charge in [-0.3, -0.25) is 4.79 Å². The maximum Gasteiger partial charge on any atom is 0.150 e. The maximum atomic E-state index is 10.6. The standard InChI is InChI=1S/C12H9ClOS/c1-8-6-9(7-14)2-3-10(8)12-11(13)4-5-15-12/h2-7H,1H3. The van der Waals surface area contributed by atoms with E-state index in [4.69, 9.17) is 11.6 Å². The van der Waals surface area contributed by atoms with Crippen LogP contribution in [0, 0.1) is 6.92 Å². The predicted octanol–water partition coefficient (Wildman–Crippen LogP) is 4.19. The third-order valence-electron chi connectivity index (χ3n) is 2.25. The highest BCUT2D eigenvalue weighted by Crippen LogP contribution is 2.35. The molecule has 0 bridgehead atoms.